The number of benzene rings is 2. The van der Waals surface area contributed by atoms with Crippen LogP contribution >= 0.6 is 11.3 Å². The van der Waals surface area contributed by atoms with Gasteiger partial charge >= 0.3 is 5.76 Å². The highest BCUT2D eigenvalue weighted by Crippen LogP contribution is 2.51. The monoisotopic (exact) mass is 726 g/mol. The third-order valence-electron chi connectivity index (χ3n) is 9.93. The van der Waals surface area contributed by atoms with E-state index in [0.29, 0.717) is 85.9 Å². The van der Waals surface area contributed by atoms with E-state index >= 15 is 8.78 Å². The van der Waals surface area contributed by atoms with Crippen LogP contribution in [0.4, 0.5) is 19.0 Å². The number of hydrogen-bond donors (Lipinski definition) is 2. The molecule has 1 amide bonds. The summed E-state index contributed by atoms with van der Waals surface area (Å²) in [4.78, 5) is 38.5. The van der Waals surface area contributed by atoms with Gasteiger partial charge in [-0.05, 0) is 59.7 Å². The lowest BCUT2D eigenvalue weighted by Gasteiger charge is -2.29. The van der Waals surface area contributed by atoms with Crippen molar-refractivity contribution in [3.8, 4) is 27.6 Å². The predicted octanol–water partition coefficient (Wildman–Crippen LogP) is 6.51. The third kappa shape index (κ3) is 5.25. The number of pyridine rings is 2. The number of hydrogen-bond acceptors (Lipinski definition) is 10. The number of halogens is 3. The molecule has 15 heteroatoms. The minimum Gasteiger partial charge on any atom is -0.496 e. The van der Waals surface area contributed by atoms with E-state index in [-0.39, 0.29) is 30.0 Å². The zero-order valence-electron chi connectivity index (χ0n) is 27.5. The number of nitrogens with one attached hydrogen (secondary N) is 2. The van der Waals surface area contributed by atoms with Gasteiger partial charge in [-0.2, -0.15) is 0 Å². The maximum Gasteiger partial charge on any atom is 0.434 e. The van der Waals surface area contributed by atoms with Crippen molar-refractivity contribution in [2.45, 2.75) is 37.3 Å². The molecule has 52 heavy (non-hydrogen) atoms. The van der Waals surface area contributed by atoms with E-state index in [1.165, 1.54) is 30.6 Å². The van der Waals surface area contributed by atoms with Gasteiger partial charge in [0.05, 0.1) is 53.6 Å². The standard InChI is InChI=1S/C37H29F3N6O5S/c1-49-25-4-2-3-21-22(25)16-37(39,40)32(21)43-33-31-19(11-12-41-33)15-26(52-31)28-27(34-44-45-36(48)51-34)23(10-7-18-5-8-20(38)9-6-18)42-30-24-17-50-14-13-46(24)35(47)29(28)30/h2-6,8-9,11-12,15,24,32H,7,10,13-14,16-17H2,1H3,(H,41,43)(H,45,48)/t24-,32+/m0/s1. The first-order valence-electron chi connectivity index (χ1n) is 16.6. The second-order valence-corrected chi connectivity index (χ2v) is 14.0. The average Bonchev–Trinajstić information content (AvgIpc) is 3.90. The fraction of sp³-hybridized carbons (Fsp3) is 0.270. The minimum absolute atomic E-state index is 0.0524. The second-order valence-electron chi connectivity index (χ2n) is 12.9. The van der Waals surface area contributed by atoms with Gasteiger partial charge in [-0.25, -0.2) is 28.0 Å². The number of alkyl halides is 2. The van der Waals surface area contributed by atoms with Gasteiger partial charge in [-0.15, -0.1) is 16.4 Å². The summed E-state index contributed by atoms with van der Waals surface area (Å²) >= 11 is 1.27. The number of carbonyl (C=O) groups excluding carboxylic acids is 1. The molecule has 0 unspecified atom stereocenters. The Morgan fingerprint density at radius 2 is 1.94 bits per heavy atom. The van der Waals surface area contributed by atoms with E-state index in [1.54, 1.807) is 47.5 Å². The summed E-state index contributed by atoms with van der Waals surface area (Å²) in [5, 5.41) is 10.2. The highest BCUT2D eigenvalue weighted by Gasteiger charge is 2.49. The maximum atomic E-state index is 15.6. The molecular formula is C37H29F3N6O5S. The van der Waals surface area contributed by atoms with Crippen LogP contribution in [0.25, 0.3) is 32.0 Å². The Bertz CT molecular complexity index is 2450. The molecule has 3 aliphatic rings. The first-order chi connectivity index (χ1) is 25.2. The molecule has 0 spiro atoms. The molecule has 1 saturated heterocycles. The van der Waals surface area contributed by atoms with Crippen molar-refractivity contribution in [2.24, 2.45) is 0 Å². The molecule has 6 aromatic rings. The average molecular weight is 727 g/mol. The first kappa shape index (κ1) is 32.4. The molecule has 6 heterocycles. The molecule has 0 radical (unpaired) electrons. The van der Waals surface area contributed by atoms with Crippen molar-refractivity contribution in [1.82, 2.24) is 25.1 Å². The van der Waals surface area contributed by atoms with Gasteiger partial charge in [0.1, 0.15) is 23.4 Å². The molecule has 4 aromatic heterocycles. The lowest BCUT2D eigenvalue weighted by atomic mass is 9.93. The highest BCUT2D eigenvalue weighted by atomic mass is 32.1. The zero-order chi connectivity index (χ0) is 35.7. The summed E-state index contributed by atoms with van der Waals surface area (Å²) in [6, 6.07) is 13.0. The van der Waals surface area contributed by atoms with Crippen LogP contribution in [0.5, 0.6) is 5.75 Å². The Balaban J connectivity index is 1.22. The lowest BCUT2D eigenvalue weighted by Crippen LogP contribution is -2.38. The van der Waals surface area contributed by atoms with E-state index < -0.39 is 30.2 Å². The molecule has 264 valence electrons. The van der Waals surface area contributed by atoms with E-state index in [4.69, 9.17) is 18.9 Å². The van der Waals surface area contributed by atoms with Crippen molar-refractivity contribution in [2.75, 3.05) is 32.2 Å². The van der Waals surface area contributed by atoms with Crippen molar-refractivity contribution < 1.29 is 31.9 Å². The number of H-pyrrole nitrogens is 1. The van der Waals surface area contributed by atoms with Gasteiger partial charge in [0.2, 0.25) is 0 Å². The van der Waals surface area contributed by atoms with Crippen LogP contribution in [0.2, 0.25) is 0 Å². The molecule has 0 bridgehead atoms. The third-order valence-corrected chi connectivity index (χ3v) is 11.1. The number of amides is 1. The fourth-order valence-electron chi connectivity index (χ4n) is 7.55. The number of morpholine rings is 1. The van der Waals surface area contributed by atoms with Crippen molar-refractivity contribution in [3.63, 3.8) is 0 Å². The van der Waals surface area contributed by atoms with E-state index in [0.717, 1.165) is 5.56 Å². The summed E-state index contributed by atoms with van der Waals surface area (Å²) in [5.74, 6) is -3.92. The molecule has 2 aliphatic heterocycles. The number of aromatic nitrogens is 4. The molecule has 1 aliphatic carbocycles. The minimum atomic E-state index is -3.13. The summed E-state index contributed by atoms with van der Waals surface area (Å²) in [6.45, 7) is 0.990. The number of ether oxygens (including phenoxy) is 2. The SMILES string of the molecule is COc1cccc2c1CC(F)(F)[C@@H]2Nc1nccc2cc(-c3c4c(nc(CCc5ccc(F)cc5)c3-c3n[nH]c(=O)o3)[C@@H]3COCCN3C4=O)sc12. The topological polar surface area (TPSA) is 135 Å². The number of methoxy groups -OCH3 is 1. The highest BCUT2D eigenvalue weighted by molar-refractivity contribution is 7.23. The molecule has 11 nitrogen and oxygen atoms in total. The Kier molecular flexibility index (Phi) is 7.66. The molecule has 0 saturated carbocycles. The molecule has 1 fully saturated rings. The number of nitrogens with zero attached hydrogens (tertiary/aromatic N) is 4. The lowest BCUT2D eigenvalue weighted by molar-refractivity contribution is -0.00734. The quantitative estimate of drug-likeness (QED) is 0.180. The molecule has 2 atom stereocenters. The fourth-order valence-corrected chi connectivity index (χ4v) is 8.71. The van der Waals surface area contributed by atoms with Crippen LogP contribution in [-0.4, -0.2) is 63.8 Å². The van der Waals surface area contributed by atoms with Crippen LogP contribution in [0.1, 0.15) is 50.5 Å². The summed E-state index contributed by atoms with van der Waals surface area (Å²) in [6.07, 6.45) is 1.85. The van der Waals surface area contributed by atoms with Crippen LogP contribution < -0.4 is 15.8 Å². The number of aromatic amines is 1. The summed E-state index contributed by atoms with van der Waals surface area (Å²) < 4.78 is 62.3. The number of carbonyl (C=O) groups is 1. The van der Waals surface area contributed by atoms with Gasteiger partial charge in [0.15, 0.2) is 0 Å². The molecule has 2 N–H and O–H groups in total. The predicted molar refractivity (Wildman–Crippen MR) is 185 cm³/mol. The van der Waals surface area contributed by atoms with E-state index in [2.05, 4.69) is 20.5 Å². The van der Waals surface area contributed by atoms with Gasteiger partial charge in [-0.3, -0.25) is 9.78 Å². The smallest absolute Gasteiger partial charge is 0.434 e. The number of anilines is 1. The van der Waals surface area contributed by atoms with Gasteiger partial charge in [-0.1, -0.05) is 24.3 Å². The second kappa shape index (κ2) is 12.3. The van der Waals surface area contributed by atoms with Crippen molar-refractivity contribution >= 4 is 33.1 Å². The number of aryl methyl sites for hydroxylation is 2. The van der Waals surface area contributed by atoms with Gasteiger partial charge in [0.25, 0.3) is 17.7 Å². The largest absolute Gasteiger partial charge is 0.496 e. The number of fused-ring (bicyclic) bond motifs is 5. The van der Waals surface area contributed by atoms with Gasteiger partial charge < -0.3 is 24.1 Å². The van der Waals surface area contributed by atoms with E-state index in [1.807, 2.05) is 6.07 Å². The van der Waals surface area contributed by atoms with Crippen molar-refractivity contribution in [1.29, 1.82) is 0 Å². The normalized spacial score (nSPS) is 18.8. The molecule has 2 aromatic carbocycles. The van der Waals surface area contributed by atoms with E-state index in [9.17, 15) is 14.0 Å². The summed E-state index contributed by atoms with van der Waals surface area (Å²) in [5.41, 5.74) is 3.91. The first-order valence-corrected chi connectivity index (χ1v) is 17.5. The van der Waals surface area contributed by atoms with Crippen LogP contribution in [-0.2, 0) is 24.0 Å². The summed E-state index contributed by atoms with van der Waals surface area (Å²) in [7, 11) is 1.46. The van der Waals surface area contributed by atoms with Gasteiger partial charge in [0, 0.05) is 35.2 Å². The molecule has 9 rings (SSSR count). The van der Waals surface area contributed by atoms with Crippen LogP contribution in [0.3, 0.4) is 0 Å². The number of thiophene rings is 1. The Morgan fingerprint density at radius 1 is 1.10 bits per heavy atom. The van der Waals surface area contributed by atoms with Crippen molar-refractivity contribution in [3.05, 3.63) is 111 Å². The van der Waals surface area contributed by atoms with Crippen LogP contribution in [0.15, 0.2) is 70.0 Å². The maximum absolute atomic E-state index is 15.6. The molecular weight excluding hydrogens is 698 g/mol. The Labute approximate surface area is 297 Å². The zero-order valence-corrected chi connectivity index (χ0v) is 28.4. The number of rotatable bonds is 8. The Hall–Kier alpha value is -5.54. The van der Waals surface area contributed by atoms with Crippen LogP contribution in [0, 0.1) is 5.82 Å². The Morgan fingerprint density at radius 3 is 2.73 bits per heavy atom.